The van der Waals surface area contributed by atoms with Gasteiger partial charge in [0, 0.05) is 23.7 Å². The molecule has 0 aromatic heterocycles. The molecule has 4 rings (SSSR count). The maximum atomic E-state index is 10.5. The van der Waals surface area contributed by atoms with Crippen LogP contribution < -0.4 is 0 Å². The van der Waals surface area contributed by atoms with Crippen LogP contribution in [0.5, 0.6) is 0 Å². The minimum atomic E-state index is -0.324. The second-order valence-corrected chi connectivity index (χ2v) is 10.5. The summed E-state index contributed by atoms with van der Waals surface area (Å²) in [5, 5.41) is 10.5. The molecule has 1 saturated heterocycles. The zero-order chi connectivity index (χ0) is 18.4. The van der Waals surface area contributed by atoms with Crippen molar-refractivity contribution in [3.05, 3.63) is 11.6 Å². The van der Waals surface area contributed by atoms with Crippen LogP contribution in [0.1, 0.15) is 85.0 Å². The lowest BCUT2D eigenvalue weighted by atomic mass is 9.62. The molecule has 0 radical (unpaired) electrons. The van der Waals surface area contributed by atoms with Crippen LogP contribution >= 0.6 is 0 Å². The van der Waals surface area contributed by atoms with Crippen LogP contribution in [-0.4, -0.2) is 30.2 Å². The molecular formula is C23H38O3. The highest BCUT2D eigenvalue weighted by Crippen LogP contribution is 2.56. The van der Waals surface area contributed by atoms with Crippen molar-refractivity contribution >= 4 is 0 Å². The number of fused-ring (bicyclic) bond motifs is 3. The van der Waals surface area contributed by atoms with Crippen molar-refractivity contribution in [1.29, 1.82) is 0 Å². The molecule has 3 fully saturated rings. The van der Waals surface area contributed by atoms with Gasteiger partial charge in [-0.2, -0.15) is 0 Å². The number of hydrogen-bond donors (Lipinski definition) is 1. The molecule has 3 heteroatoms. The highest BCUT2D eigenvalue weighted by molar-refractivity contribution is 5.19. The Morgan fingerprint density at radius 2 is 1.69 bits per heavy atom. The first-order valence-corrected chi connectivity index (χ1v) is 11.0. The Morgan fingerprint density at radius 3 is 2.46 bits per heavy atom. The van der Waals surface area contributed by atoms with Crippen molar-refractivity contribution in [2.75, 3.05) is 13.2 Å². The molecule has 2 saturated carbocycles. The zero-order valence-electron chi connectivity index (χ0n) is 17.1. The molecule has 1 heterocycles. The van der Waals surface area contributed by atoms with E-state index >= 15 is 0 Å². The fraction of sp³-hybridized carbons (Fsp3) is 0.913. The minimum Gasteiger partial charge on any atom is -0.393 e. The largest absolute Gasteiger partial charge is 0.393 e. The van der Waals surface area contributed by atoms with Crippen molar-refractivity contribution in [1.82, 2.24) is 0 Å². The van der Waals surface area contributed by atoms with Crippen LogP contribution in [0.25, 0.3) is 0 Å². The quantitative estimate of drug-likeness (QED) is 0.600. The Hall–Kier alpha value is -0.380. The maximum Gasteiger partial charge on any atom is 0.168 e. The molecule has 0 bridgehead atoms. The van der Waals surface area contributed by atoms with E-state index in [2.05, 4.69) is 26.8 Å². The first-order valence-electron chi connectivity index (χ1n) is 11.0. The number of ether oxygens (including phenoxy) is 2. The third-order valence-corrected chi connectivity index (χ3v) is 7.92. The van der Waals surface area contributed by atoms with Gasteiger partial charge in [-0.1, -0.05) is 38.8 Å². The second kappa shape index (κ2) is 6.90. The molecular weight excluding hydrogens is 324 g/mol. The molecule has 0 amide bonds. The lowest BCUT2D eigenvalue weighted by Crippen LogP contribution is -2.47. The van der Waals surface area contributed by atoms with E-state index < -0.39 is 0 Å². The molecule has 4 atom stereocenters. The predicted molar refractivity (Wildman–Crippen MR) is 104 cm³/mol. The zero-order valence-corrected chi connectivity index (χ0v) is 17.1. The second-order valence-electron chi connectivity index (χ2n) is 10.5. The van der Waals surface area contributed by atoms with Crippen LogP contribution in [0.2, 0.25) is 0 Å². The first-order chi connectivity index (χ1) is 12.3. The summed E-state index contributed by atoms with van der Waals surface area (Å²) in [6.45, 7) is 8.42. The van der Waals surface area contributed by atoms with Crippen LogP contribution in [0.3, 0.4) is 0 Å². The summed E-state index contributed by atoms with van der Waals surface area (Å²) in [7, 11) is 0. The predicted octanol–water partition coefficient (Wildman–Crippen LogP) is 5.22. The van der Waals surface area contributed by atoms with E-state index in [1.54, 1.807) is 5.57 Å². The summed E-state index contributed by atoms with van der Waals surface area (Å²) in [5.74, 6) is 1.07. The summed E-state index contributed by atoms with van der Waals surface area (Å²) in [4.78, 5) is 0. The van der Waals surface area contributed by atoms with Gasteiger partial charge in [-0.15, -0.1) is 0 Å². The molecule has 0 aromatic carbocycles. The number of allylic oxidation sites excluding steroid dienone is 2. The average molecular weight is 363 g/mol. The molecule has 3 nitrogen and oxygen atoms in total. The van der Waals surface area contributed by atoms with E-state index in [-0.39, 0.29) is 22.7 Å². The van der Waals surface area contributed by atoms with Gasteiger partial charge in [-0.3, -0.25) is 0 Å². The third kappa shape index (κ3) is 3.40. The summed E-state index contributed by atoms with van der Waals surface area (Å²) in [5.41, 5.74) is 1.95. The Labute approximate surface area is 159 Å². The number of rotatable bonds is 0. The standard InChI is InChI=1S/C23H38O3/c1-21(2)15-25-23(26-16-21)12-5-4-8-18-17(7-6-13-23)11-14-22(3)19(18)9-10-20(22)24/h11,18-20,24H,4-10,12-16H2,1-3H3. The highest BCUT2D eigenvalue weighted by Gasteiger charge is 2.51. The molecule has 26 heavy (non-hydrogen) atoms. The summed E-state index contributed by atoms with van der Waals surface area (Å²) < 4.78 is 12.6. The smallest absolute Gasteiger partial charge is 0.168 e. The SMILES string of the molecule is CC1(C)COC2(CCCCC3C(=CCC4(C)C(O)CCC34)CCC2)OC1. The lowest BCUT2D eigenvalue weighted by molar-refractivity contribution is -0.305. The molecule has 0 aromatic rings. The van der Waals surface area contributed by atoms with Crippen molar-refractivity contribution in [3.63, 3.8) is 0 Å². The van der Waals surface area contributed by atoms with Crippen LogP contribution in [-0.2, 0) is 9.47 Å². The molecule has 4 unspecified atom stereocenters. The van der Waals surface area contributed by atoms with Gasteiger partial charge in [-0.05, 0) is 56.8 Å². The number of aliphatic hydroxyl groups excluding tert-OH is 1. The molecule has 1 N–H and O–H groups in total. The first kappa shape index (κ1) is 19.0. The average Bonchev–Trinajstić information content (AvgIpc) is 2.91. The Bertz CT molecular complexity index is 542. The normalized spacial score (nSPS) is 42.6. The van der Waals surface area contributed by atoms with Gasteiger partial charge in [0.2, 0.25) is 0 Å². The van der Waals surface area contributed by atoms with Crippen molar-refractivity contribution in [2.24, 2.45) is 22.7 Å². The summed E-state index contributed by atoms with van der Waals surface area (Å²) in [6.07, 6.45) is 13.8. The van der Waals surface area contributed by atoms with E-state index in [0.29, 0.717) is 11.8 Å². The van der Waals surface area contributed by atoms with E-state index in [1.807, 2.05) is 0 Å². The lowest BCUT2D eigenvalue weighted by Gasteiger charge is -2.46. The van der Waals surface area contributed by atoms with E-state index in [0.717, 1.165) is 45.3 Å². The maximum absolute atomic E-state index is 10.5. The fourth-order valence-corrected chi connectivity index (χ4v) is 6.10. The fourth-order valence-electron chi connectivity index (χ4n) is 6.10. The molecule has 4 aliphatic rings. The molecule has 148 valence electrons. The number of hydrogen-bond acceptors (Lipinski definition) is 3. The Kier molecular flexibility index (Phi) is 5.03. The minimum absolute atomic E-state index is 0.101. The van der Waals surface area contributed by atoms with Gasteiger partial charge in [0.15, 0.2) is 5.79 Å². The van der Waals surface area contributed by atoms with Gasteiger partial charge in [0.1, 0.15) is 0 Å². The summed E-state index contributed by atoms with van der Waals surface area (Å²) >= 11 is 0. The van der Waals surface area contributed by atoms with Crippen molar-refractivity contribution in [3.8, 4) is 0 Å². The molecule has 3 aliphatic carbocycles. The van der Waals surface area contributed by atoms with Crippen LogP contribution in [0, 0.1) is 22.7 Å². The van der Waals surface area contributed by atoms with Gasteiger partial charge in [-0.25, -0.2) is 0 Å². The highest BCUT2D eigenvalue weighted by atomic mass is 16.7. The topological polar surface area (TPSA) is 38.7 Å². The van der Waals surface area contributed by atoms with E-state index in [9.17, 15) is 5.11 Å². The van der Waals surface area contributed by atoms with Gasteiger partial charge < -0.3 is 14.6 Å². The van der Waals surface area contributed by atoms with Gasteiger partial charge in [0.05, 0.1) is 19.3 Å². The van der Waals surface area contributed by atoms with E-state index in [4.69, 9.17) is 9.47 Å². The third-order valence-electron chi connectivity index (χ3n) is 7.92. The Morgan fingerprint density at radius 1 is 0.962 bits per heavy atom. The van der Waals surface area contributed by atoms with Crippen molar-refractivity contribution in [2.45, 2.75) is 96.9 Å². The van der Waals surface area contributed by atoms with Crippen LogP contribution in [0.4, 0.5) is 0 Å². The van der Waals surface area contributed by atoms with E-state index in [1.165, 1.54) is 32.1 Å². The van der Waals surface area contributed by atoms with Crippen LogP contribution in [0.15, 0.2) is 11.6 Å². The monoisotopic (exact) mass is 362 g/mol. The Balaban J connectivity index is 1.46. The summed E-state index contributed by atoms with van der Waals surface area (Å²) in [6, 6.07) is 0. The molecule has 1 spiro atoms. The molecule has 1 aliphatic heterocycles. The number of aliphatic hydroxyl groups is 1. The van der Waals surface area contributed by atoms with Gasteiger partial charge in [0.25, 0.3) is 0 Å². The van der Waals surface area contributed by atoms with Gasteiger partial charge >= 0.3 is 0 Å². The van der Waals surface area contributed by atoms with Crippen molar-refractivity contribution < 1.29 is 14.6 Å².